The molecule has 11 heavy (non-hydrogen) atoms. The van der Waals surface area contributed by atoms with Gasteiger partial charge in [0, 0.05) is 0 Å². The minimum atomic E-state index is -0.0880. The molecular weight excluding hydrogens is 140 g/mol. The van der Waals surface area contributed by atoms with Crippen LogP contribution in [0.25, 0.3) is 0 Å². The van der Waals surface area contributed by atoms with Crippen LogP contribution in [0, 0.1) is 11.8 Å². The Kier molecular flexibility index (Phi) is 4.16. The highest BCUT2D eigenvalue weighted by Gasteiger charge is 2.18. The van der Waals surface area contributed by atoms with E-state index in [4.69, 9.17) is 4.74 Å². The van der Waals surface area contributed by atoms with E-state index in [2.05, 4.69) is 0 Å². The molecule has 0 unspecified atom stereocenters. The summed E-state index contributed by atoms with van der Waals surface area (Å²) < 4.78 is 5.03. The predicted molar refractivity (Wildman–Crippen MR) is 45.2 cm³/mol. The van der Waals surface area contributed by atoms with Crippen LogP contribution in [-0.4, -0.2) is 12.1 Å². The van der Waals surface area contributed by atoms with Gasteiger partial charge in [0.2, 0.25) is 0 Å². The lowest BCUT2D eigenvalue weighted by atomic mass is 9.98. The second-order valence-electron chi connectivity index (χ2n) is 3.52. The summed E-state index contributed by atoms with van der Waals surface area (Å²) in [5.74, 6) is 0.286. The summed E-state index contributed by atoms with van der Waals surface area (Å²) >= 11 is 0. The van der Waals surface area contributed by atoms with Crippen LogP contribution in [0.2, 0.25) is 0 Å². The molecule has 0 spiro atoms. The van der Waals surface area contributed by atoms with Crippen LogP contribution >= 0.6 is 0 Å². The van der Waals surface area contributed by atoms with Gasteiger partial charge < -0.3 is 4.74 Å². The summed E-state index contributed by atoms with van der Waals surface area (Å²) in [6.45, 7) is 9.67. The van der Waals surface area contributed by atoms with E-state index >= 15 is 0 Å². The average Bonchev–Trinajstić information content (AvgIpc) is 1.84. The van der Waals surface area contributed by atoms with Crippen molar-refractivity contribution in [1.82, 2.24) is 0 Å². The van der Waals surface area contributed by atoms with Gasteiger partial charge in [0.1, 0.15) is 0 Å². The van der Waals surface area contributed by atoms with Gasteiger partial charge in [0.05, 0.1) is 12.0 Å². The molecule has 0 aromatic rings. The standard InChI is InChI=1S/C9H18O2/c1-6(2)8(5)9(10)11-7(3)4/h6-8H,1-5H3/t8-/m1/s1. The van der Waals surface area contributed by atoms with Crippen molar-refractivity contribution in [3.63, 3.8) is 0 Å². The summed E-state index contributed by atoms with van der Waals surface area (Å²) in [6.07, 6.45) is 0.00343. The minimum absolute atomic E-state index is 0.00343. The molecule has 0 fully saturated rings. The highest BCUT2D eigenvalue weighted by atomic mass is 16.5. The fourth-order valence-electron chi connectivity index (χ4n) is 0.612. The number of esters is 1. The Morgan fingerprint density at radius 1 is 1.09 bits per heavy atom. The van der Waals surface area contributed by atoms with Crippen molar-refractivity contribution in [2.45, 2.75) is 40.7 Å². The van der Waals surface area contributed by atoms with Crippen LogP contribution in [-0.2, 0) is 9.53 Å². The number of ether oxygens (including phenoxy) is 1. The maximum Gasteiger partial charge on any atom is 0.309 e. The third-order valence-corrected chi connectivity index (χ3v) is 1.72. The lowest BCUT2D eigenvalue weighted by molar-refractivity contribution is -0.153. The molecule has 2 nitrogen and oxygen atoms in total. The number of carbonyl (C=O) groups is 1. The Labute approximate surface area is 68.9 Å². The molecule has 0 aliphatic rings. The molecule has 0 N–H and O–H groups in total. The molecule has 0 rings (SSSR count). The van der Waals surface area contributed by atoms with Crippen molar-refractivity contribution in [1.29, 1.82) is 0 Å². The van der Waals surface area contributed by atoms with Gasteiger partial charge >= 0.3 is 5.97 Å². The Balaban J connectivity index is 3.83. The van der Waals surface area contributed by atoms with Crippen molar-refractivity contribution in [2.24, 2.45) is 11.8 Å². The number of hydrogen-bond acceptors (Lipinski definition) is 2. The SMILES string of the molecule is CC(C)OC(=O)[C@H](C)C(C)C. The van der Waals surface area contributed by atoms with E-state index in [0.717, 1.165) is 0 Å². The normalized spacial score (nSPS) is 13.7. The quantitative estimate of drug-likeness (QED) is 0.589. The Morgan fingerprint density at radius 3 is 1.82 bits per heavy atom. The Bertz CT molecular complexity index is 128. The molecule has 1 atom stereocenters. The zero-order valence-corrected chi connectivity index (χ0v) is 8.05. The Hall–Kier alpha value is -0.530. The minimum Gasteiger partial charge on any atom is -0.463 e. The molecule has 0 saturated carbocycles. The number of carbonyl (C=O) groups excluding carboxylic acids is 1. The molecule has 66 valence electrons. The number of rotatable bonds is 3. The molecule has 2 heteroatoms. The lowest BCUT2D eigenvalue weighted by Crippen LogP contribution is -2.22. The third kappa shape index (κ3) is 4.02. The lowest BCUT2D eigenvalue weighted by Gasteiger charge is -2.16. The van der Waals surface area contributed by atoms with Gasteiger partial charge in [-0.1, -0.05) is 20.8 Å². The van der Waals surface area contributed by atoms with E-state index in [1.165, 1.54) is 0 Å². The maximum atomic E-state index is 11.2. The zero-order chi connectivity index (χ0) is 9.02. The van der Waals surface area contributed by atoms with Crippen molar-refractivity contribution in [3.05, 3.63) is 0 Å². The first kappa shape index (κ1) is 10.5. The van der Waals surface area contributed by atoms with Gasteiger partial charge in [-0.3, -0.25) is 4.79 Å². The van der Waals surface area contributed by atoms with Crippen LogP contribution in [0.15, 0.2) is 0 Å². The third-order valence-electron chi connectivity index (χ3n) is 1.72. The van der Waals surface area contributed by atoms with E-state index < -0.39 is 0 Å². The van der Waals surface area contributed by atoms with E-state index in [0.29, 0.717) is 5.92 Å². The topological polar surface area (TPSA) is 26.3 Å². The molecule has 0 aromatic carbocycles. The largest absolute Gasteiger partial charge is 0.463 e. The second-order valence-corrected chi connectivity index (χ2v) is 3.52. The van der Waals surface area contributed by atoms with Gasteiger partial charge in [-0.15, -0.1) is 0 Å². The van der Waals surface area contributed by atoms with Gasteiger partial charge in [-0.05, 0) is 19.8 Å². The molecule has 0 amide bonds. The second kappa shape index (κ2) is 4.37. The summed E-state index contributed by atoms with van der Waals surface area (Å²) in [5.41, 5.74) is 0. The Morgan fingerprint density at radius 2 is 1.55 bits per heavy atom. The molecule has 0 aromatic heterocycles. The molecule has 0 radical (unpaired) electrons. The summed E-state index contributed by atoms with van der Waals surface area (Å²) in [5, 5.41) is 0. The first-order valence-corrected chi connectivity index (χ1v) is 4.15. The number of hydrogen-bond donors (Lipinski definition) is 0. The maximum absolute atomic E-state index is 11.2. The van der Waals surface area contributed by atoms with Crippen LogP contribution in [0.4, 0.5) is 0 Å². The predicted octanol–water partition coefficient (Wildman–Crippen LogP) is 2.23. The molecule has 0 aliphatic heterocycles. The first-order valence-electron chi connectivity index (χ1n) is 4.15. The van der Waals surface area contributed by atoms with Crippen LogP contribution < -0.4 is 0 Å². The fourth-order valence-corrected chi connectivity index (χ4v) is 0.612. The summed E-state index contributed by atoms with van der Waals surface area (Å²) in [7, 11) is 0. The summed E-state index contributed by atoms with van der Waals surface area (Å²) in [4.78, 5) is 11.2. The molecule has 0 bridgehead atoms. The first-order chi connectivity index (χ1) is 4.95. The highest BCUT2D eigenvalue weighted by molar-refractivity contribution is 5.72. The van der Waals surface area contributed by atoms with E-state index in [9.17, 15) is 4.79 Å². The molecule has 0 aliphatic carbocycles. The van der Waals surface area contributed by atoms with Crippen LogP contribution in [0.5, 0.6) is 0 Å². The highest BCUT2D eigenvalue weighted by Crippen LogP contribution is 2.12. The van der Waals surface area contributed by atoms with Crippen molar-refractivity contribution < 1.29 is 9.53 Å². The smallest absolute Gasteiger partial charge is 0.309 e. The van der Waals surface area contributed by atoms with Gasteiger partial charge in [0.25, 0.3) is 0 Å². The van der Waals surface area contributed by atoms with Crippen LogP contribution in [0.3, 0.4) is 0 Å². The zero-order valence-electron chi connectivity index (χ0n) is 8.05. The molecule has 0 saturated heterocycles. The van der Waals surface area contributed by atoms with E-state index in [1.54, 1.807) is 0 Å². The van der Waals surface area contributed by atoms with Crippen molar-refractivity contribution >= 4 is 5.97 Å². The molecule has 0 heterocycles. The monoisotopic (exact) mass is 158 g/mol. The van der Waals surface area contributed by atoms with Crippen molar-refractivity contribution in [2.75, 3.05) is 0 Å². The fraction of sp³-hybridized carbons (Fsp3) is 0.889. The average molecular weight is 158 g/mol. The van der Waals surface area contributed by atoms with E-state index in [-0.39, 0.29) is 18.0 Å². The van der Waals surface area contributed by atoms with Gasteiger partial charge in [-0.2, -0.15) is 0 Å². The van der Waals surface area contributed by atoms with Crippen LogP contribution in [0.1, 0.15) is 34.6 Å². The van der Waals surface area contributed by atoms with Crippen molar-refractivity contribution in [3.8, 4) is 0 Å². The molecular formula is C9H18O2. The van der Waals surface area contributed by atoms with Gasteiger partial charge in [-0.25, -0.2) is 0 Å². The summed E-state index contributed by atoms with van der Waals surface area (Å²) in [6, 6.07) is 0. The van der Waals surface area contributed by atoms with E-state index in [1.807, 2.05) is 34.6 Å². The van der Waals surface area contributed by atoms with Gasteiger partial charge in [0.15, 0.2) is 0 Å².